The smallest absolute Gasteiger partial charge is 0.280 e. The van der Waals surface area contributed by atoms with E-state index < -0.39 is 5.91 Å². The van der Waals surface area contributed by atoms with E-state index >= 15 is 0 Å². The van der Waals surface area contributed by atoms with Gasteiger partial charge in [0.15, 0.2) is 5.69 Å². The van der Waals surface area contributed by atoms with Crippen molar-refractivity contribution < 1.29 is 18.8 Å². The largest absolute Gasteiger partial charge is 0.477 e. The first kappa shape index (κ1) is 19.8. The molecule has 1 amide bonds. The van der Waals surface area contributed by atoms with Crippen molar-refractivity contribution in [1.29, 1.82) is 0 Å². The van der Waals surface area contributed by atoms with Gasteiger partial charge in [0.1, 0.15) is 11.6 Å². The van der Waals surface area contributed by atoms with Crippen LogP contribution in [-0.2, 0) is 11.2 Å². The Morgan fingerprint density at radius 1 is 1.23 bits per heavy atom. The van der Waals surface area contributed by atoms with Crippen molar-refractivity contribution in [2.75, 3.05) is 43.1 Å². The third-order valence-corrected chi connectivity index (χ3v) is 4.44. The lowest BCUT2D eigenvalue weighted by molar-refractivity contribution is 0.101. The van der Waals surface area contributed by atoms with Gasteiger partial charge in [-0.25, -0.2) is 0 Å². The van der Waals surface area contributed by atoms with Crippen LogP contribution < -0.4 is 15.0 Å². The molecule has 0 saturated carbocycles. The molecule has 0 radical (unpaired) electrons. The minimum atomic E-state index is -0.453. The number of hydrogen-bond acceptors (Lipinski definition) is 9. The number of aromatic nitrogens is 4. The maximum absolute atomic E-state index is 12.4. The van der Waals surface area contributed by atoms with Gasteiger partial charge in [0.05, 0.1) is 19.8 Å². The number of nitrogens with zero attached hydrogens (tertiary/aromatic N) is 5. The van der Waals surface area contributed by atoms with E-state index in [4.69, 9.17) is 14.0 Å². The molecule has 1 saturated heterocycles. The predicted molar refractivity (Wildman–Crippen MR) is 108 cm³/mol. The lowest BCUT2D eigenvalue weighted by Crippen LogP contribution is -2.37. The van der Waals surface area contributed by atoms with Crippen molar-refractivity contribution in [3.05, 3.63) is 53.7 Å². The first-order valence-electron chi connectivity index (χ1n) is 9.66. The van der Waals surface area contributed by atoms with Crippen LogP contribution in [0.1, 0.15) is 21.9 Å². The van der Waals surface area contributed by atoms with Crippen LogP contribution in [0.5, 0.6) is 5.88 Å². The van der Waals surface area contributed by atoms with Gasteiger partial charge in [-0.15, -0.1) is 0 Å². The first-order chi connectivity index (χ1) is 14.7. The van der Waals surface area contributed by atoms with E-state index in [1.54, 1.807) is 25.3 Å². The molecule has 0 spiro atoms. The Bertz CT molecular complexity index is 988. The molecule has 3 aromatic rings. The second-order valence-corrected chi connectivity index (χ2v) is 6.68. The van der Waals surface area contributed by atoms with Crippen LogP contribution in [0.25, 0.3) is 0 Å². The zero-order valence-corrected chi connectivity index (χ0v) is 16.6. The number of carbonyl (C=O) groups is 1. The Labute approximate surface area is 173 Å². The highest BCUT2D eigenvalue weighted by Crippen LogP contribution is 2.21. The molecule has 0 bridgehead atoms. The second-order valence-electron chi connectivity index (χ2n) is 6.68. The predicted octanol–water partition coefficient (Wildman–Crippen LogP) is 1.88. The van der Waals surface area contributed by atoms with Gasteiger partial charge in [-0.2, -0.15) is 9.97 Å². The molecule has 1 aliphatic rings. The maximum atomic E-state index is 12.4. The number of rotatable bonds is 7. The molecule has 1 N–H and O–H groups in total. The number of hydrogen-bond donors (Lipinski definition) is 1. The topological polar surface area (TPSA) is 116 Å². The monoisotopic (exact) mass is 410 g/mol. The average molecular weight is 410 g/mol. The Morgan fingerprint density at radius 2 is 2.10 bits per heavy atom. The average Bonchev–Trinajstić information content (AvgIpc) is 3.21. The van der Waals surface area contributed by atoms with E-state index in [1.165, 1.54) is 0 Å². The molecule has 0 aromatic carbocycles. The summed E-state index contributed by atoms with van der Waals surface area (Å²) in [6, 6.07) is 9.05. The standard InChI is InChI=1S/C20H22N6O4/c1-14-12-16(25-30-14)19(27)24-20-22-17(26-7-10-28-11-8-26)13-18(23-20)29-9-5-15-4-2-3-6-21-15/h2-4,6,12-13H,5,7-11H2,1H3,(H,22,23,24,27). The molecule has 0 aliphatic carbocycles. The SMILES string of the molecule is Cc1cc(C(=O)Nc2nc(OCCc3ccccn3)cc(N3CCOCC3)n2)no1. The highest BCUT2D eigenvalue weighted by atomic mass is 16.5. The van der Waals surface area contributed by atoms with Gasteiger partial charge in [-0.3, -0.25) is 15.1 Å². The summed E-state index contributed by atoms with van der Waals surface area (Å²) in [6.45, 7) is 4.72. The summed E-state index contributed by atoms with van der Waals surface area (Å²) in [4.78, 5) is 27.6. The quantitative estimate of drug-likeness (QED) is 0.623. The minimum Gasteiger partial charge on any atom is -0.477 e. The Kier molecular flexibility index (Phi) is 6.14. The van der Waals surface area contributed by atoms with Crippen molar-refractivity contribution in [3.8, 4) is 5.88 Å². The summed E-state index contributed by atoms with van der Waals surface area (Å²) < 4.78 is 16.2. The zero-order chi connectivity index (χ0) is 20.8. The minimum absolute atomic E-state index is 0.137. The van der Waals surface area contributed by atoms with Crippen LogP contribution in [0.4, 0.5) is 11.8 Å². The number of amides is 1. The molecular formula is C20H22N6O4. The van der Waals surface area contributed by atoms with Gasteiger partial charge < -0.3 is 18.9 Å². The normalized spacial score (nSPS) is 13.8. The highest BCUT2D eigenvalue weighted by Gasteiger charge is 2.18. The van der Waals surface area contributed by atoms with Crippen LogP contribution in [0.2, 0.25) is 0 Å². The molecular weight excluding hydrogens is 388 g/mol. The van der Waals surface area contributed by atoms with Crippen molar-refractivity contribution in [2.45, 2.75) is 13.3 Å². The van der Waals surface area contributed by atoms with Gasteiger partial charge in [0.25, 0.3) is 5.91 Å². The molecule has 3 aromatic heterocycles. The van der Waals surface area contributed by atoms with Gasteiger partial charge in [0.2, 0.25) is 11.8 Å². The van der Waals surface area contributed by atoms with E-state index in [1.807, 2.05) is 18.2 Å². The van der Waals surface area contributed by atoms with Crippen molar-refractivity contribution in [1.82, 2.24) is 20.1 Å². The van der Waals surface area contributed by atoms with Gasteiger partial charge in [0, 0.05) is 43.5 Å². The molecule has 156 valence electrons. The molecule has 0 unspecified atom stereocenters. The van der Waals surface area contributed by atoms with Crippen LogP contribution in [0.3, 0.4) is 0 Å². The molecule has 1 fully saturated rings. The van der Waals surface area contributed by atoms with Crippen LogP contribution in [0, 0.1) is 6.92 Å². The van der Waals surface area contributed by atoms with Gasteiger partial charge in [-0.05, 0) is 19.1 Å². The van der Waals surface area contributed by atoms with Gasteiger partial charge >= 0.3 is 0 Å². The fraction of sp³-hybridized carbons (Fsp3) is 0.350. The molecule has 1 aliphatic heterocycles. The summed E-state index contributed by atoms with van der Waals surface area (Å²) in [5.41, 5.74) is 1.08. The highest BCUT2D eigenvalue weighted by molar-refractivity contribution is 6.01. The Morgan fingerprint density at radius 3 is 2.83 bits per heavy atom. The third-order valence-electron chi connectivity index (χ3n) is 4.44. The third kappa shape index (κ3) is 5.09. The number of morpholine rings is 1. The number of carbonyl (C=O) groups excluding carboxylic acids is 1. The molecule has 0 atom stereocenters. The van der Waals surface area contributed by atoms with E-state index in [2.05, 4.69) is 30.3 Å². The Hall–Kier alpha value is -3.53. The molecule has 10 nitrogen and oxygen atoms in total. The molecule has 4 rings (SSSR count). The van der Waals surface area contributed by atoms with Gasteiger partial charge in [-0.1, -0.05) is 11.2 Å². The lowest BCUT2D eigenvalue weighted by atomic mass is 10.3. The number of pyridine rings is 1. The van der Waals surface area contributed by atoms with Crippen LogP contribution in [0.15, 0.2) is 41.1 Å². The molecule has 10 heteroatoms. The first-order valence-corrected chi connectivity index (χ1v) is 9.66. The summed E-state index contributed by atoms with van der Waals surface area (Å²) in [6.07, 6.45) is 2.38. The summed E-state index contributed by atoms with van der Waals surface area (Å²) in [5.74, 6) is 1.26. The summed E-state index contributed by atoms with van der Waals surface area (Å²) >= 11 is 0. The molecule has 4 heterocycles. The number of nitrogens with one attached hydrogen (secondary N) is 1. The molecule has 30 heavy (non-hydrogen) atoms. The fourth-order valence-corrected chi connectivity index (χ4v) is 2.94. The number of aryl methyl sites for hydroxylation is 1. The van der Waals surface area contributed by atoms with E-state index in [9.17, 15) is 4.79 Å². The summed E-state index contributed by atoms with van der Waals surface area (Å²) in [5, 5.41) is 6.39. The van der Waals surface area contributed by atoms with Crippen molar-refractivity contribution >= 4 is 17.7 Å². The Balaban J connectivity index is 1.50. The second kappa shape index (κ2) is 9.31. The summed E-state index contributed by atoms with van der Waals surface area (Å²) in [7, 11) is 0. The van der Waals surface area contributed by atoms with Crippen LogP contribution >= 0.6 is 0 Å². The number of ether oxygens (including phenoxy) is 2. The fourth-order valence-electron chi connectivity index (χ4n) is 2.94. The van der Waals surface area contributed by atoms with E-state index in [0.717, 1.165) is 5.69 Å². The van der Waals surface area contributed by atoms with E-state index in [0.29, 0.717) is 56.8 Å². The zero-order valence-electron chi connectivity index (χ0n) is 16.6. The lowest BCUT2D eigenvalue weighted by Gasteiger charge is -2.28. The van der Waals surface area contributed by atoms with Crippen LogP contribution in [-0.4, -0.2) is 58.9 Å². The number of anilines is 2. The van der Waals surface area contributed by atoms with E-state index in [-0.39, 0.29) is 11.6 Å². The maximum Gasteiger partial charge on any atom is 0.280 e. The van der Waals surface area contributed by atoms with Crippen molar-refractivity contribution in [2.24, 2.45) is 0 Å². The van der Waals surface area contributed by atoms with Crippen molar-refractivity contribution in [3.63, 3.8) is 0 Å².